The van der Waals surface area contributed by atoms with Gasteiger partial charge in [0.2, 0.25) is 0 Å². The molecule has 2 rings (SSSR count). The highest BCUT2D eigenvalue weighted by atomic mass is 16.4. The standard InChI is InChI=1S/C12H16N2O4/c1-13-4-6-14(7-5-13)12(17)10-3-2-9(18-10)8-11(15)16/h2-3H,4-8H2,1H3,(H,15,16). The minimum atomic E-state index is -0.969. The summed E-state index contributed by atoms with van der Waals surface area (Å²) in [7, 11) is 2.01. The third-order valence-electron chi connectivity index (χ3n) is 2.99. The molecule has 98 valence electrons. The molecule has 0 atom stereocenters. The minimum Gasteiger partial charge on any atom is -0.481 e. The van der Waals surface area contributed by atoms with Gasteiger partial charge in [-0.15, -0.1) is 0 Å². The lowest BCUT2D eigenvalue weighted by Crippen LogP contribution is -2.47. The Morgan fingerprint density at radius 2 is 1.94 bits per heavy atom. The fourth-order valence-electron chi connectivity index (χ4n) is 1.90. The van der Waals surface area contributed by atoms with Gasteiger partial charge < -0.3 is 19.3 Å². The van der Waals surface area contributed by atoms with Crippen LogP contribution in [0.5, 0.6) is 0 Å². The Kier molecular flexibility index (Phi) is 3.66. The maximum Gasteiger partial charge on any atom is 0.311 e. The van der Waals surface area contributed by atoms with E-state index < -0.39 is 5.97 Å². The van der Waals surface area contributed by atoms with Crippen molar-refractivity contribution in [1.29, 1.82) is 0 Å². The normalized spacial score (nSPS) is 16.8. The number of carbonyl (C=O) groups is 2. The molecule has 1 aromatic heterocycles. The summed E-state index contributed by atoms with van der Waals surface area (Å²) in [5.41, 5.74) is 0. The van der Waals surface area contributed by atoms with Crippen LogP contribution in [0.3, 0.4) is 0 Å². The molecule has 2 heterocycles. The zero-order valence-electron chi connectivity index (χ0n) is 10.3. The van der Waals surface area contributed by atoms with E-state index in [9.17, 15) is 9.59 Å². The average molecular weight is 252 g/mol. The van der Waals surface area contributed by atoms with Gasteiger partial charge in [-0.2, -0.15) is 0 Å². The minimum absolute atomic E-state index is 0.167. The number of aliphatic carboxylic acids is 1. The fourth-order valence-corrected chi connectivity index (χ4v) is 1.90. The van der Waals surface area contributed by atoms with Crippen LogP contribution in [0.4, 0.5) is 0 Å². The molecule has 1 fully saturated rings. The lowest BCUT2D eigenvalue weighted by Gasteiger charge is -2.31. The molecule has 0 unspecified atom stereocenters. The lowest BCUT2D eigenvalue weighted by atomic mass is 10.3. The zero-order valence-corrected chi connectivity index (χ0v) is 10.3. The quantitative estimate of drug-likeness (QED) is 0.837. The first-order valence-corrected chi connectivity index (χ1v) is 5.84. The van der Waals surface area contributed by atoms with E-state index in [2.05, 4.69) is 4.90 Å². The van der Waals surface area contributed by atoms with Crippen LogP contribution >= 0.6 is 0 Å². The van der Waals surface area contributed by atoms with Crippen LogP contribution < -0.4 is 0 Å². The first-order chi connectivity index (χ1) is 8.56. The van der Waals surface area contributed by atoms with Gasteiger partial charge in [0.15, 0.2) is 5.76 Å². The second kappa shape index (κ2) is 5.22. The van der Waals surface area contributed by atoms with Gasteiger partial charge >= 0.3 is 5.97 Å². The van der Waals surface area contributed by atoms with E-state index in [0.717, 1.165) is 13.1 Å². The van der Waals surface area contributed by atoms with E-state index in [0.29, 0.717) is 18.8 Å². The maximum atomic E-state index is 12.1. The first-order valence-electron chi connectivity index (χ1n) is 5.84. The predicted octanol–water partition coefficient (Wildman–Crippen LogP) is 0.294. The number of carboxylic acids is 1. The molecule has 0 spiro atoms. The van der Waals surface area contributed by atoms with Crippen molar-refractivity contribution in [1.82, 2.24) is 9.80 Å². The number of furan rings is 1. The molecule has 0 bridgehead atoms. The Labute approximate surface area is 105 Å². The van der Waals surface area contributed by atoms with Crippen molar-refractivity contribution in [2.45, 2.75) is 6.42 Å². The molecular weight excluding hydrogens is 236 g/mol. The Morgan fingerprint density at radius 3 is 2.56 bits per heavy atom. The van der Waals surface area contributed by atoms with Gasteiger partial charge in [-0.1, -0.05) is 0 Å². The summed E-state index contributed by atoms with van der Waals surface area (Å²) in [4.78, 5) is 26.5. The lowest BCUT2D eigenvalue weighted by molar-refractivity contribution is -0.136. The summed E-state index contributed by atoms with van der Waals surface area (Å²) in [5, 5.41) is 8.63. The van der Waals surface area contributed by atoms with Gasteiger partial charge in [-0.25, -0.2) is 0 Å². The molecule has 18 heavy (non-hydrogen) atoms. The molecule has 6 nitrogen and oxygen atoms in total. The summed E-state index contributed by atoms with van der Waals surface area (Å²) in [6.07, 6.45) is -0.198. The number of carbonyl (C=O) groups excluding carboxylic acids is 1. The number of nitrogens with zero attached hydrogens (tertiary/aromatic N) is 2. The van der Waals surface area contributed by atoms with Gasteiger partial charge in [0.25, 0.3) is 5.91 Å². The average Bonchev–Trinajstić information content (AvgIpc) is 2.76. The summed E-state index contributed by atoms with van der Waals surface area (Å²) in [6.45, 7) is 3.03. The monoisotopic (exact) mass is 252 g/mol. The van der Waals surface area contributed by atoms with Crippen LogP contribution in [0.25, 0.3) is 0 Å². The number of hydrogen-bond acceptors (Lipinski definition) is 4. The van der Waals surface area contributed by atoms with Gasteiger partial charge in [-0.3, -0.25) is 9.59 Å². The van der Waals surface area contributed by atoms with Gasteiger partial charge in [-0.05, 0) is 19.2 Å². The Hall–Kier alpha value is -1.82. The molecular formula is C12H16N2O4. The van der Waals surface area contributed by atoms with E-state index in [1.165, 1.54) is 6.07 Å². The van der Waals surface area contributed by atoms with Crippen LogP contribution in [-0.4, -0.2) is 60.0 Å². The molecule has 0 saturated carbocycles. The van der Waals surface area contributed by atoms with E-state index >= 15 is 0 Å². The molecule has 0 aliphatic carbocycles. The molecule has 0 aromatic carbocycles. The third kappa shape index (κ3) is 2.89. The topological polar surface area (TPSA) is 74.0 Å². The van der Waals surface area contributed by atoms with Gasteiger partial charge in [0, 0.05) is 26.2 Å². The first kappa shape index (κ1) is 12.6. The van der Waals surface area contributed by atoms with Crippen molar-refractivity contribution < 1.29 is 19.1 Å². The van der Waals surface area contributed by atoms with Crippen LogP contribution in [0, 0.1) is 0 Å². The predicted molar refractivity (Wildman–Crippen MR) is 63.4 cm³/mol. The van der Waals surface area contributed by atoms with Crippen molar-refractivity contribution in [3.63, 3.8) is 0 Å². The SMILES string of the molecule is CN1CCN(C(=O)c2ccc(CC(=O)O)o2)CC1. The summed E-state index contributed by atoms with van der Waals surface area (Å²) in [6, 6.07) is 3.08. The van der Waals surface area contributed by atoms with Crippen molar-refractivity contribution >= 4 is 11.9 Å². The van der Waals surface area contributed by atoms with Crippen molar-refractivity contribution in [2.24, 2.45) is 0 Å². The molecule has 1 aliphatic rings. The number of likely N-dealkylation sites (N-methyl/N-ethyl adjacent to an activating group) is 1. The Morgan fingerprint density at radius 1 is 1.28 bits per heavy atom. The van der Waals surface area contributed by atoms with Crippen LogP contribution in [-0.2, 0) is 11.2 Å². The van der Waals surface area contributed by atoms with E-state index in [-0.39, 0.29) is 18.1 Å². The maximum absolute atomic E-state index is 12.1. The van der Waals surface area contributed by atoms with Gasteiger partial charge in [0.1, 0.15) is 12.2 Å². The van der Waals surface area contributed by atoms with E-state index in [1.54, 1.807) is 11.0 Å². The second-order valence-corrected chi connectivity index (χ2v) is 4.43. The highest BCUT2D eigenvalue weighted by molar-refractivity contribution is 5.91. The van der Waals surface area contributed by atoms with Crippen LogP contribution in [0.2, 0.25) is 0 Å². The zero-order chi connectivity index (χ0) is 13.1. The number of rotatable bonds is 3. The molecule has 1 saturated heterocycles. The number of amides is 1. The van der Waals surface area contributed by atoms with Crippen LogP contribution in [0.1, 0.15) is 16.3 Å². The number of piperazine rings is 1. The molecule has 1 N–H and O–H groups in total. The fraction of sp³-hybridized carbons (Fsp3) is 0.500. The smallest absolute Gasteiger partial charge is 0.311 e. The largest absolute Gasteiger partial charge is 0.481 e. The molecule has 1 amide bonds. The number of carboxylic acid groups (broad SMARTS) is 1. The molecule has 1 aliphatic heterocycles. The van der Waals surface area contributed by atoms with Crippen molar-refractivity contribution in [3.05, 3.63) is 23.7 Å². The Balaban J connectivity index is 2.00. The van der Waals surface area contributed by atoms with Gasteiger partial charge in [0.05, 0.1) is 0 Å². The summed E-state index contributed by atoms with van der Waals surface area (Å²) < 4.78 is 5.25. The van der Waals surface area contributed by atoms with Crippen molar-refractivity contribution in [2.75, 3.05) is 33.2 Å². The summed E-state index contributed by atoms with van der Waals surface area (Å²) >= 11 is 0. The van der Waals surface area contributed by atoms with E-state index in [4.69, 9.17) is 9.52 Å². The highest BCUT2D eigenvalue weighted by Gasteiger charge is 2.23. The van der Waals surface area contributed by atoms with Crippen molar-refractivity contribution in [3.8, 4) is 0 Å². The third-order valence-corrected chi connectivity index (χ3v) is 2.99. The van der Waals surface area contributed by atoms with E-state index in [1.807, 2.05) is 7.05 Å². The van der Waals surface area contributed by atoms with Crippen LogP contribution in [0.15, 0.2) is 16.5 Å². The highest BCUT2D eigenvalue weighted by Crippen LogP contribution is 2.12. The summed E-state index contributed by atoms with van der Waals surface area (Å²) in [5.74, 6) is -0.613. The molecule has 6 heteroatoms. The molecule has 1 aromatic rings. The second-order valence-electron chi connectivity index (χ2n) is 4.43. The number of hydrogen-bond donors (Lipinski definition) is 1. The molecule has 0 radical (unpaired) electrons. The Bertz CT molecular complexity index is 447.